The van der Waals surface area contributed by atoms with Gasteiger partial charge in [0.1, 0.15) is 0 Å². The third kappa shape index (κ3) is 4.56. The molecule has 0 bridgehead atoms. The fourth-order valence-corrected chi connectivity index (χ4v) is 4.61. The van der Waals surface area contributed by atoms with Gasteiger partial charge in [0.05, 0.1) is 12.2 Å². The highest BCUT2D eigenvalue weighted by atomic mass is 32.2. The van der Waals surface area contributed by atoms with Crippen molar-refractivity contribution in [1.29, 1.82) is 0 Å². The lowest BCUT2D eigenvalue weighted by Crippen LogP contribution is -2.46. The van der Waals surface area contributed by atoms with E-state index in [9.17, 15) is 21.6 Å². The van der Waals surface area contributed by atoms with Crippen LogP contribution >= 0.6 is 0 Å². The maximum absolute atomic E-state index is 12.8. The molecule has 0 unspecified atom stereocenters. The molecule has 1 heterocycles. The Morgan fingerprint density at radius 3 is 2.52 bits per heavy atom. The lowest BCUT2D eigenvalue weighted by Gasteiger charge is -2.32. The largest absolute Gasteiger partial charge is 0.391 e. The molecule has 0 spiro atoms. The van der Waals surface area contributed by atoms with E-state index in [1.165, 1.54) is 10.6 Å². The summed E-state index contributed by atoms with van der Waals surface area (Å²) >= 11 is 0. The van der Waals surface area contributed by atoms with E-state index in [0.29, 0.717) is 19.5 Å². The van der Waals surface area contributed by atoms with Gasteiger partial charge in [-0.1, -0.05) is 6.42 Å². The topological polar surface area (TPSA) is 49.4 Å². The van der Waals surface area contributed by atoms with Gasteiger partial charge in [-0.3, -0.25) is 0 Å². The molecule has 1 N–H and O–H groups in total. The van der Waals surface area contributed by atoms with Crippen molar-refractivity contribution in [3.05, 3.63) is 0 Å². The first kappa shape index (κ1) is 17.0. The fourth-order valence-electron chi connectivity index (χ4n) is 3.42. The molecule has 3 atom stereocenters. The van der Waals surface area contributed by atoms with Gasteiger partial charge in [0.25, 0.3) is 0 Å². The first-order valence-electron chi connectivity index (χ1n) is 7.45. The van der Waals surface area contributed by atoms with E-state index in [0.717, 1.165) is 19.3 Å². The van der Waals surface area contributed by atoms with E-state index in [1.54, 1.807) is 0 Å². The van der Waals surface area contributed by atoms with Gasteiger partial charge in [0.2, 0.25) is 10.0 Å². The number of nitrogens with one attached hydrogen (secondary N) is 1. The maximum atomic E-state index is 12.8. The summed E-state index contributed by atoms with van der Waals surface area (Å²) in [6, 6.07) is -0.279. The third-order valence-electron chi connectivity index (χ3n) is 4.53. The summed E-state index contributed by atoms with van der Waals surface area (Å²) in [7, 11) is -3.23. The van der Waals surface area contributed by atoms with Gasteiger partial charge in [0.15, 0.2) is 0 Å². The van der Waals surface area contributed by atoms with Crippen LogP contribution in [0.25, 0.3) is 0 Å². The number of hydrogen-bond acceptors (Lipinski definition) is 3. The number of halogens is 3. The van der Waals surface area contributed by atoms with Crippen LogP contribution in [0.1, 0.15) is 38.5 Å². The van der Waals surface area contributed by atoms with Gasteiger partial charge < -0.3 is 5.32 Å². The molecular formula is C13H23F3N2O2S. The van der Waals surface area contributed by atoms with Crippen molar-refractivity contribution in [3.8, 4) is 0 Å². The summed E-state index contributed by atoms with van der Waals surface area (Å²) in [6.45, 7) is 0.962. The molecule has 21 heavy (non-hydrogen) atoms. The van der Waals surface area contributed by atoms with Gasteiger partial charge in [-0.05, 0) is 32.1 Å². The molecule has 4 nitrogen and oxygen atoms in total. The van der Waals surface area contributed by atoms with E-state index in [2.05, 4.69) is 5.32 Å². The summed E-state index contributed by atoms with van der Waals surface area (Å²) in [5, 5.41) is 3.16. The third-order valence-corrected chi connectivity index (χ3v) is 5.86. The summed E-state index contributed by atoms with van der Waals surface area (Å²) in [5.74, 6) is -1.22. The van der Waals surface area contributed by atoms with Crippen molar-refractivity contribution >= 4 is 10.0 Å². The number of rotatable bonds is 4. The molecule has 0 aromatic heterocycles. The second-order valence-electron chi connectivity index (χ2n) is 6.18. The van der Waals surface area contributed by atoms with Crippen molar-refractivity contribution in [1.82, 2.24) is 9.62 Å². The predicted molar refractivity (Wildman–Crippen MR) is 74.4 cm³/mol. The molecular weight excluding hydrogens is 305 g/mol. The Hall–Kier alpha value is -0.340. The van der Waals surface area contributed by atoms with Crippen LogP contribution < -0.4 is 5.32 Å². The molecule has 1 aliphatic heterocycles. The monoisotopic (exact) mass is 328 g/mol. The average molecular weight is 328 g/mol. The minimum absolute atomic E-state index is 0.106. The normalized spacial score (nSPS) is 32.5. The zero-order valence-electron chi connectivity index (χ0n) is 12.2. The first-order valence-corrected chi connectivity index (χ1v) is 9.29. The number of hydrogen-bond donors (Lipinski definition) is 1. The smallest absolute Gasteiger partial charge is 0.312 e. The maximum Gasteiger partial charge on any atom is 0.391 e. The number of alkyl halides is 3. The van der Waals surface area contributed by atoms with Gasteiger partial charge >= 0.3 is 6.18 Å². The van der Waals surface area contributed by atoms with E-state index in [1.807, 2.05) is 0 Å². The molecule has 0 aromatic carbocycles. The lowest BCUT2D eigenvalue weighted by atomic mass is 9.85. The van der Waals surface area contributed by atoms with E-state index in [-0.39, 0.29) is 24.9 Å². The van der Waals surface area contributed by atoms with Crippen molar-refractivity contribution in [2.45, 2.75) is 56.8 Å². The van der Waals surface area contributed by atoms with Crippen LogP contribution in [0, 0.1) is 5.92 Å². The van der Waals surface area contributed by atoms with E-state index >= 15 is 0 Å². The van der Waals surface area contributed by atoms with Crippen molar-refractivity contribution < 1.29 is 21.6 Å². The summed E-state index contributed by atoms with van der Waals surface area (Å²) in [5.41, 5.74) is 0. The van der Waals surface area contributed by atoms with Gasteiger partial charge in [-0.25, -0.2) is 8.42 Å². The number of sulfonamides is 1. The van der Waals surface area contributed by atoms with E-state index < -0.39 is 22.1 Å². The molecule has 1 saturated heterocycles. The molecule has 0 amide bonds. The molecule has 8 heteroatoms. The van der Waals surface area contributed by atoms with Crippen molar-refractivity contribution in [2.24, 2.45) is 5.92 Å². The van der Waals surface area contributed by atoms with Crippen LogP contribution in [0.5, 0.6) is 0 Å². The Labute approximate surface area is 124 Å². The Balaban J connectivity index is 1.85. The highest BCUT2D eigenvalue weighted by Gasteiger charge is 2.42. The highest BCUT2D eigenvalue weighted by Crippen LogP contribution is 2.37. The Bertz CT molecular complexity index is 453. The number of nitrogens with zero attached hydrogens (tertiary/aromatic N) is 1. The van der Waals surface area contributed by atoms with E-state index in [4.69, 9.17) is 0 Å². The summed E-state index contributed by atoms with van der Waals surface area (Å²) in [4.78, 5) is 0. The van der Waals surface area contributed by atoms with Gasteiger partial charge in [0, 0.05) is 25.2 Å². The van der Waals surface area contributed by atoms with Crippen LogP contribution in [0.15, 0.2) is 0 Å². The molecule has 1 aliphatic carbocycles. The molecule has 0 radical (unpaired) electrons. The SMILES string of the molecule is CS(=O)(=O)N1CCC[C@@H]1CN[C@H]1CCC[C@H](C(F)(F)F)C1. The Morgan fingerprint density at radius 1 is 1.19 bits per heavy atom. The second kappa shape index (κ2) is 6.42. The minimum Gasteiger partial charge on any atom is -0.312 e. The zero-order chi connectivity index (χ0) is 15.7. The molecule has 2 aliphatic rings. The van der Waals surface area contributed by atoms with Crippen LogP contribution in [0.2, 0.25) is 0 Å². The van der Waals surface area contributed by atoms with Crippen molar-refractivity contribution in [2.75, 3.05) is 19.3 Å². The fraction of sp³-hybridized carbons (Fsp3) is 1.00. The zero-order valence-corrected chi connectivity index (χ0v) is 13.0. The molecule has 124 valence electrons. The standard InChI is InChI=1S/C13H23F3N2O2S/c1-21(19,20)18-7-3-6-12(18)9-17-11-5-2-4-10(8-11)13(14,15)16/h10-12,17H,2-9H2,1H3/t10-,11-,12+/m0/s1. The molecule has 1 saturated carbocycles. The van der Waals surface area contributed by atoms with Crippen LogP contribution in [-0.4, -0.2) is 50.3 Å². The van der Waals surface area contributed by atoms with Gasteiger partial charge in [-0.15, -0.1) is 0 Å². The summed E-state index contributed by atoms with van der Waals surface area (Å²) < 4.78 is 63.0. The molecule has 0 aromatic rings. The average Bonchev–Trinajstić information content (AvgIpc) is 2.84. The first-order chi connectivity index (χ1) is 9.68. The van der Waals surface area contributed by atoms with Crippen molar-refractivity contribution in [3.63, 3.8) is 0 Å². The van der Waals surface area contributed by atoms with Gasteiger partial charge in [-0.2, -0.15) is 17.5 Å². The van der Waals surface area contributed by atoms with Crippen LogP contribution in [0.4, 0.5) is 13.2 Å². The molecule has 2 rings (SSSR count). The highest BCUT2D eigenvalue weighted by molar-refractivity contribution is 7.88. The Morgan fingerprint density at radius 2 is 1.90 bits per heavy atom. The predicted octanol–water partition coefficient (Wildman–Crippen LogP) is 2.12. The minimum atomic E-state index is -4.12. The quantitative estimate of drug-likeness (QED) is 0.860. The second-order valence-corrected chi connectivity index (χ2v) is 8.12. The van der Waals surface area contributed by atoms with Crippen LogP contribution in [-0.2, 0) is 10.0 Å². The lowest BCUT2D eigenvalue weighted by molar-refractivity contribution is -0.183. The molecule has 2 fully saturated rings. The summed E-state index contributed by atoms with van der Waals surface area (Å²) in [6.07, 6.45) is 0.277. The Kier molecular flexibility index (Phi) is 5.20. The van der Waals surface area contributed by atoms with Crippen LogP contribution in [0.3, 0.4) is 0 Å².